The number of rotatable bonds is 4. The molecule has 110 valence electrons. The summed E-state index contributed by atoms with van der Waals surface area (Å²) < 4.78 is 23.9. The molecule has 0 spiro atoms. The number of carbonyl (C=O) groups is 1. The van der Waals surface area contributed by atoms with Crippen LogP contribution in [0.2, 0.25) is 0 Å². The standard InChI is InChI=1S/C15H15FN2O3/c1-20-13-6-3-9(7-14(13)21-2)15(19)18-12-5-4-10(17)8-11(12)16/h3-8H,17H2,1-2H3,(H,18,19). The molecule has 0 aliphatic carbocycles. The van der Waals surface area contributed by atoms with Gasteiger partial charge in [-0.1, -0.05) is 0 Å². The molecule has 0 saturated carbocycles. The van der Waals surface area contributed by atoms with Crippen LogP contribution in [0.5, 0.6) is 11.5 Å². The van der Waals surface area contributed by atoms with Crippen LogP contribution < -0.4 is 20.5 Å². The third-order valence-electron chi connectivity index (χ3n) is 2.89. The summed E-state index contributed by atoms with van der Waals surface area (Å²) in [5, 5.41) is 2.48. The summed E-state index contributed by atoms with van der Waals surface area (Å²) in [7, 11) is 2.97. The fourth-order valence-corrected chi connectivity index (χ4v) is 1.80. The Morgan fingerprint density at radius 3 is 2.43 bits per heavy atom. The summed E-state index contributed by atoms with van der Waals surface area (Å²) in [6, 6.07) is 8.74. The van der Waals surface area contributed by atoms with Crippen LogP contribution in [0.15, 0.2) is 36.4 Å². The molecule has 5 nitrogen and oxygen atoms in total. The topological polar surface area (TPSA) is 73.6 Å². The maximum absolute atomic E-state index is 13.7. The van der Waals surface area contributed by atoms with Gasteiger partial charge < -0.3 is 20.5 Å². The zero-order valence-electron chi connectivity index (χ0n) is 11.6. The monoisotopic (exact) mass is 290 g/mol. The van der Waals surface area contributed by atoms with E-state index in [9.17, 15) is 9.18 Å². The highest BCUT2D eigenvalue weighted by Gasteiger charge is 2.12. The molecule has 0 bridgehead atoms. The van der Waals surface area contributed by atoms with E-state index in [4.69, 9.17) is 15.2 Å². The molecule has 6 heteroatoms. The van der Waals surface area contributed by atoms with Crippen molar-refractivity contribution in [3.8, 4) is 11.5 Å². The van der Waals surface area contributed by atoms with E-state index in [0.29, 0.717) is 17.1 Å². The summed E-state index contributed by atoms with van der Waals surface area (Å²) in [6.45, 7) is 0. The smallest absolute Gasteiger partial charge is 0.255 e. The van der Waals surface area contributed by atoms with Gasteiger partial charge in [0.05, 0.1) is 19.9 Å². The third-order valence-corrected chi connectivity index (χ3v) is 2.89. The summed E-state index contributed by atoms with van der Waals surface area (Å²) in [5.74, 6) is -0.126. The quantitative estimate of drug-likeness (QED) is 0.849. The van der Waals surface area contributed by atoms with Crippen LogP contribution in [0.4, 0.5) is 15.8 Å². The molecule has 2 rings (SSSR count). The molecule has 21 heavy (non-hydrogen) atoms. The number of hydrogen-bond acceptors (Lipinski definition) is 4. The Morgan fingerprint density at radius 2 is 1.81 bits per heavy atom. The van der Waals surface area contributed by atoms with Crippen molar-refractivity contribution in [2.45, 2.75) is 0 Å². The molecule has 0 saturated heterocycles. The van der Waals surface area contributed by atoms with Crippen molar-refractivity contribution in [2.75, 3.05) is 25.3 Å². The average Bonchev–Trinajstić information content (AvgIpc) is 2.49. The Bertz CT molecular complexity index is 674. The third kappa shape index (κ3) is 3.22. The number of nitrogens with two attached hydrogens (primary N) is 1. The zero-order valence-corrected chi connectivity index (χ0v) is 11.6. The molecule has 0 heterocycles. The van der Waals surface area contributed by atoms with Crippen molar-refractivity contribution in [2.24, 2.45) is 0 Å². The van der Waals surface area contributed by atoms with Gasteiger partial charge in [0.25, 0.3) is 5.91 Å². The van der Waals surface area contributed by atoms with Crippen LogP contribution in [0, 0.1) is 5.82 Å². The Labute approximate surface area is 121 Å². The highest BCUT2D eigenvalue weighted by atomic mass is 19.1. The predicted octanol–water partition coefficient (Wildman–Crippen LogP) is 2.68. The van der Waals surface area contributed by atoms with Gasteiger partial charge in [0.15, 0.2) is 11.5 Å². The van der Waals surface area contributed by atoms with Gasteiger partial charge in [0.1, 0.15) is 5.82 Å². The molecule has 0 aliphatic rings. The van der Waals surface area contributed by atoms with Crippen LogP contribution in [-0.4, -0.2) is 20.1 Å². The highest BCUT2D eigenvalue weighted by Crippen LogP contribution is 2.28. The summed E-state index contributed by atoms with van der Waals surface area (Å²) in [6.07, 6.45) is 0. The maximum Gasteiger partial charge on any atom is 0.255 e. The second-order valence-corrected chi connectivity index (χ2v) is 4.26. The fourth-order valence-electron chi connectivity index (χ4n) is 1.80. The van der Waals surface area contributed by atoms with Gasteiger partial charge in [0.2, 0.25) is 0 Å². The zero-order chi connectivity index (χ0) is 15.4. The molecule has 3 N–H and O–H groups in total. The first-order valence-electron chi connectivity index (χ1n) is 6.13. The van der Waals surface area contributed by atoms with Crippen molar-refractivity contribution in [1.29, 1.82) is 0 Å². The first kappa shape index (κ1) is 14.6. The van der Waals surface area contributed by atoms with Crippen LogP contribution in [-0.2, 0) is 0 Å². The first-order chi connectivity index (χ1) is 10.0. The van der Waals surface area contributed by atoms with E-state index in [2.05, 4.69) is 5.32 Å². The number of methoxy groups -OCH3 is 2. The van der Waals surface area contributed by atoms with Gasteiger partial charge in [0, 0.05) is 11.3 Å². The lowest BCUT2D eigenvalue weighted by molar-refractivity contribution is 0.102. The van der Waals surface area contributed by atoms with Crippen molar-refractivity contribution < 1.29 is 18.7 Å². The molecule has 0 unspecified atom stereocenters. The van der Waals surface area contributed by atoms with Gasteiger partial charge in [-0.05, 0) is 36.4 Å². The van der Waals surface area contributed by atoms with E-state index in [0.717, 1.165) is 6.07 Å². The molecule has 0 aliphatic heterocycles. The van der Waals surface area contributed by atoms with E-state index in [1.807, 2.05) is 0 Å². The molecule has 0 aromatic heterocycles. The predicted molar refractivity (Wildman–Crippen MR) is 78.3 cm³/mol. The lowest BCUT2D eigenvalue weighted by Crippen LogP contribution is -2.13. The summed E-state index contributed by atoms with van der Waals surface area (Å²) in [4.78, 5) is 12.1. The van der Waals surface area contributed by atoms with Gasteiger partial charge in [-0.15, -0.1) is 0 Å². The van der Waals surface area contributed by atoms with Crippen LogP contribution >= 0.6 is 0 Å². The molecule has 0 radical (unpaired) electrons. The number of benzene rings is 2. The van der Waals surface area contributed by atoms with E-state index in [-0.39, 0.29) is 11.4 Å². The Kier molecular flexibility index (Phi) is 4.27. The molecule has 1 amide bonds. The minimum absolute atomic E-state index is 0.0592. The minimum Gasteiger partial charge on any atom is -0.493 e. The Morgan fingerprint density at radius 1 is 1.10 bits per heavy atom. The molecule has 0 atom stereocenters. The Balaban J connectivity index is 2.24. The Hall–Kier alpha value is -2.76. The van der Waals surface area contributed by atoms with Gasteiger partial charge in [-0.25, -0.2) is 4.39 Å². The second-order valence-electron chi connectivity index (χ2n) is 4.26. The van der Waals surface area contributed by atoms with Crippen LogP contribution in [0.25, 0.3) is 0 Å². The van der Waals surface area contributed by atoms with E-state index < -0.39 is 11.7 Å². The second kappa shape index (κ2) is 6.13. The van der Waals surface area contributed by atoms with Gasteiger partial charge in [-0.3, -0.25) is 4.79 Å². The summed E-state index contributed by atoms with van der Waals surface area (Å²) in [5.41, 5.74) is 6.13. The number of ether oxygens (including phenoxy) is 2. The number of nitrogen functional groups attached to an aromatic ring is 1. The number of anilines is 2. The normalized spacial score (nSPS) is 10.0. The van der Waals surface area contributed by atoms with Gasteiger partial charge >= 0.3 is 0 Å². The number of carbonyl (C=O) groups excluding carboxylic acids is 1. The van der Waals surface area contributed by atoms with Crippen molar-refractivity contribution in [3.05, 3.63) is 47.8 Å². The lowest BCUT2D eigenvalue weighted by Gasteiger charge is -2.10. The first-order valence-corrected chi connectivity index (χ1v) is 6.13. The number of nitrogens with one attached hydrogen (secondary N) is 1. The maximum atomic E-state index is 13.7. The number of hydrogen-bond donors (Lipinski definition) is 2. The molecular formula is C15H15FN2O3. The highest BCUT2D eigenvalue weighted by molar-refractivity contribution is 6.04. The molecular weight excluding hydrogens is 275 g/mol. The van der Waals surface area contributed by atoms with E-state index in [1.165, 1.54) is 32.4 Å². The molecule has 2 aromatic carbocycles. The SMILES string of the molecule is COc1ccc(C(=O)Nc2ccc(N)cc2F)cc1OC. The van der Waals surface area contributed by atoms with Crippen LogP contribution in [0.1, 0.15) is 10.4 Å². The van der Waals surface area contributed by atoms with Crippen molar-refractivity contribution >= 4 is 17.3 Å². The number of amides is 1. The number of halogens is 1. The summed E-state index contributed by atoms with van der Waals surface area (Å²) >= 11 is 0. The van der Waals surface area contributed by atoms with Crippen molar-refractivity contribution in [3.63, 3.8) is 0 Å². The lowest BCUT2D eigenvalue weighted by atomic mass is 10.1. The molecule has 2 aromatic rings. The molecule has 0 fully saturated rings. The fraction of sp³-hybridized carbons (Fsp3) is 0.133. The largest absolute Gasteiger partial charge is 0.493 e. The van der Waals surface area contributed by atoms with Crippen LogP contribution in [0.3, 0.4) is 0 Å². The average molecular weight is 290 g/mol. The van der Waals surface area contributed by atoms with Gasteiger partial charge in [-0.2, -0.15) is 0 Å². The van der Waals surface area contributed by atoms with E-state index in [1.54, 1.807) is 12.1 Å². The minimum atomic E-state index is -0.594. The van der Waals surface area contributed by atoms with Crippen molar-refractivity contribution in [1.82, 2.24) is 0 Å². The van der Waals surface area contributed by atoms with E-state index >= 15 is 0 Å².